The molecule has 1 heterocycles. The van der Waals surface area contributed by atoms with Gasteiger partial charge in [-0.15, -0.1) is 10.2 Å². The Balaban J connectivity index is 1.79. The second kappa shape index (κ2) is 9.76. The van der Waals surface area contributed by atoms with Crippen LogP contribution >= 0.6 is 34.9 Å². The number of aromatic nitrogens is 2. The SMILES string of the molecule is CCC(C)(C)NC(=O)CSc1nnc(SCc2ccc(C(C)C)cc2)s1. The van der Waals surface area contributed by atoms with Gasteiger partial charge in [-0.1, -0.05) is 79.9 Å². The zero-order valence-electron chi connectivity index (χ0n) is 16.0. The molecule has 0 fully saturated rings. The molecule has 142 valence electrons. The Kier molecular flexibility index (Phi) is 7.98. The molecule has 0 saturated carbocycles. The summed E-state index contributed by atoms with van der Waals surface area (Å²) in [5.74, 6) is 1.85. The van der Waals surface area contributed by atoms with Crippen molar-refractivity contribution in [3.63, 3.8) is 0 Å². The Morgan fingerprint density at radius 2 is 1.77 bits per heavy atom. The summed E-state index contributed by atoms with van der Waals surface area (Å²) in [4.78, 5) is 12.0. The van der Waals surface area contributed by atoms with E-state index in [4.69, 9.17) is 0 Å². The molecule has 2 rings (SSSR count). The van der Waals surface area contributed by atoms with Gasteiger partial charge in [0.2, 0.25) is 5.91 Å². The lowest BCUT2D eigenvalue weighted by atomic mass is 10.0. The van der Waals surface area contributed by atoms with Crippen LogP contribution in [0.25, 0.3) is 0 Å². The number of hydrogen-bond acceptors (Lipinski definition) is 6. The van der Waals surface area contributed by atoms with Gasteiger partial charge in [-0.05, 0) is 37.3 Å². The molecule has 1 amide bonds. The van der Waals surface area contributed by atoms with Crippen LogP contribution in [0.4, 0.5) is 0 Å². The number of nitrogens with one attached hydrogen (secondary N) is 1. The molecule has 4 nitrogen and oxygen atoms in total. The summed E-state index contributed by atoms with van der Waals surface area (Å²) in [5.41, 5.74) is 2.48. The summed E-state index contributed by atoms with van der Waals surface area (Å²) in [7, 11) is 0. The molecule has 0 radical (unpaired) electrons. The smallest absolute Gasteiger partial charge is 0.230 e. The molecular formula is C19H27N3OS3. The normalized spacial score (nSPS) is 11.8. The van der Waals surface area contributed by atoms with Gasteiger partial charge in [0.15, 0.2) is 8.68 Å². The Hall–Kier alpha value is -1.05. The number of carbonyl (C=O) groups excluding carboxylic acids is 1. The zero-order chi connectivity index (χ0) is 19.2. The van der Waals surface area contributed by atoms with Crippen molar-refractivity contribution in [2.24, 2.45) is 0 Å². The molecular weight excluding hydrogens is 382 g/mol. The van der Waals surface area contributed by atoms with Crippen molar-refractivity contribution < 1.29 is 4.79 Å². The Morgan fingerprint density at radius 3 is 2.35 bits per heavy atom. The third-order valence-corrected chi connectivity index (χ3v) is 7.35. The number of carbonyl (C=O) groups is 1. The molecule has 0 aliphatic carbocycles. The summed E-state index contributed by atoms with van der Waals surface area (Å²) in [6.45, 7) is 10.5. The minimum absolute atomic E-state index is 0.0384. The van der Waals surface area contributed by atoms with E-state index in [1.54, 1.807) is 23.1 Å². The number of nitrogens with zero attached hydrogens (tertiary/aromatic N) is 2. The molecule has 0 aliphatic heterocycles. The third-order valence-electron chi connectivity index (χ3n) is 4.09. The number of rotatable bonds is 9. The fraction of sp³-hybridized carbons (Fsp3) is 0.526. The molecule has 1 aromatic heterocycles. The maximum Gasteiger partial charge on any atom is 0.230 e. The highest BCUT2D eigenvalue weighted by molar-refractivity contribution is 8.03. The van der Waals surface area contributed by atoms with E-state index in [0.29, 0.717) is 11.7 Å². The molecule has 1 N–H and O–H groups in total. The van der Waals surface area contributed by atoms with E-state index in [1.165, 1.54) is 22.9 Å². The molecule has 0 saturated heterocycles. The monoisotopic (exact) mass is 409 g/mol. The van der Waals surface area contributed by atoms with Crippen molar-refractivity contribution in [1.82, 2.24) is 15.5 Å². The van der Waals surface area contributed by atoms with Gasteiger partial charge in [0.1, 0.15) is 0 Å². The lowest BCUT2D eigenvalue weighted by molar-refractivity contribution is -0.120. The standard InChI is InChI=1S/C19H27N3OS3/c1-6-19(4,5)20-16(23)12-25-18-22-21-17(26-18)24-11-14-7-9-15(10-8-14)13(2)3/h7-10,13H,6,11-12H2,1-5H3,(H,20,23). The third kappa shape index (κ3) is 6.93. The molecule has 0 bridgehead atoms. The first-order valence-corrected chi connectivity index (χ1v) is 11.6. The second-order valence-corrected chi connectivity index (χ2v) is 10.5. The maximum atomic E-state index is 12.0. The van der Waals surface area contributed by atoms with E-state index in [9.17, 15) is 4.79 Å². The molecule has 7 heteroatoms. The molecule has 0 unspecified atom stereocenters. The molecule has 0 atom stereocenters. The van der Waals surface area contributed by atoms with Crippen LogP contribution in [0.5, 0.6) is 0 Å². The Bertz CT molecular complexity index is 711. The average Bonchev–Trinajstić information content (AvgIpc) is 3.06. The summed E-state index contributed by atoms with van der Waals surface area (Å²) in [6, 6.07) is 8.74. The lowest BCUT2D eigenvalue weighted by Gasteiger charge is -2.24. The molecule has 2 aromatic rings. The van der Waals surface area contributed by atoms with Crippen LogP contribution < -0.4 is 5.32 Å². The molecule has 0 spiro atoms. The van der Waals surface area contributed by atoms with Gasteiger partial charge in [-0.2, -0.15) is 0 Å². The predicted molar refractivity (Wildman–Crippen MR) is 113 cm³/mol. The van der Waals surface area contributed by atoms with Crippen LogP contribution in [0.2, 0.25) is 0 Å². The highest BCUT2D eigenvalue weighted by atomic mass is 32.2. The van der Waals surface area contributed by atoms with Gasteiger partial charge < -0.3 is 5.32 Å². The summed E-state index contributed by atoms with van der Waals surface area (Å²) >= 11 is 4.68. The zero-order valence-corrected chi connectivity index (χ0v) is 18.5. The molecule has 0 aliphatic rings. The van der Waals surface area contributed by atoms with E-state index in [0.717, 1.165) is 20.9 Å². The average molecular weight is 410 g/mol. The van der Waals surface area contributed by atoms with E-state index >= 15 is 0 Å². The van der Waals surface area contributed by atoms with E-state index in [-0.39, 0.29) is 11.4 Å². The van der Waals surface area contributed by atoms with Crippen molar-refractivity contribution in [1.29, 1.82) is 0 Å². The fourth-order valence-corrected chi connectivity index (χ4v) is 4.86. The van der Waals surface area contributed by atoms with Crippen LogP contribution in [-0.4, -0.2) is 27.4 Å². The quantitative estimate of drug-likeness (QED) is 0.566. The number of amides is 1. The number of hydrogen-bond donors (Lipinski definition) is 1. The first-order valence-electron chi connectivity index (χ1n) is 8.78. The van der Waals surface area contributed by atoms with E-state index < -0.39 is 0 Å². The van der Waals surface area contributed by atoms with Crippen molar-refractivity contribution in [2.75, 3.05) is 5.75 Å². The fourth-order valence-electron chi connectivity index (χ4n) is 2.09. The maximum absolute atomic E-state index is 12.0. The van der Waals surface area contributed by atoms with Crippen LogP contribution in [-0.2, 0) is 10.5 Å². The van der Waals surface area contributed by atoms with Crippen LogP contribution in [0.1, 0.15) is 58.1 Å². The van der Waals surface area contributed by atoms with E-state index in [1.807, 2.05) is 13.8 Å². The van der Waals surface area contributed by atoms with Crippen molar-refractivity contribution in [3.05, 3.63) is 35.4 Å². The number of thioether (sulfide) groups is 2. The lowest BCUT2D eigenvalue weighted by Crippen LogP contribution is -2.43. The molecule has 26 heavy (non-hydrogen) atoms. The van der Waals surface area contributed by atoms with Crippen molar-refractivity contribution >= 4 is 40.8 Å². The molecule has 1 aromatic carbocycles. The predicted octanol–water partition coefficient (Wildman–Crippen LogP) is 5.35. The van der Waals surface area contributed by atoms with E-state index in [2.05, 4.69) is 60.6 Å². The Morgan fingerprint density at radius 1 is 1.15 bits per heavy atom. The highest BCUT2D eigenvalue weighted by Crippen LogP contribution is 2.31. The van der Waals surface area contributed by atoms with Crippen molar-refractivity contribution in [3.8, 4) is 0 Å². The van der Waals surface area contributed by atoms with Crippen LogP contribution in [0.3, 0.4) is 0 Å². The highest BCUT2D eigenvalue weighted by Gasteiger charge is 2.18. The van der Waals surface area contributed by atoms with Gasteiger partial charge in [0.25, 0.3) is 0 Å². The van der Waals surface area contributed by atoms with Gasteiger partial charge in [0, 0.05) is 11.3 Å². The first kappa shape index (κ1) is 21.3. The number of benzene rings is 1. The van der Waals surface area contributed by atoms with Crippen molar-refractivity contribution in [2.45, 2.75) is 66.9 Å². The van der Waals surface area contributed by atoms with Gasteiger partial charge in [-0.3, -0.25) is 4.79 Å². The second-order valence-electron chi connectivity index (χ2n) is 7.09. The van der Waals surface area contributed by atoms with Crippen LogP contribution in [0, 0.1) is 0 Å². The summed E-state index contributed by atoms with van der Waals surface area (Å²) in [5, 5.41) is 11.4. The topological polar surface area (TPSA) is 54.9 Å². The van der Waals surface area contributed by atoms with Gasteiger partial charge in [0.05, 0.1) is 5.75 Å². The minimum atomic E-state index is -0.162. The van der Waals surface area contributed by atoms with Gasteiger partial charge >= 0.3 is 0 Å². The Labute approximate surface area is 169 Å². The van der Waals surface area contributed by atoms with Crippen LogP contribution in [0.15, 0.2) is 32.9 Å². The largest absolute Gasteiger partial charge is 0.351 e. The summed E-state index contributed by atoms with van der Waals surface area (Å²) < 4.78 is 1.78. The minimum Gasteiger partial charge on any atom is -0.351 e. The first-order chi connectivity index (χ1) is 12.3. The summed E-state index contributed by atoms with van der Waals surface area (Å²) in [6.07, 6.45) is 0.904. The van der Waals surface area contributed by atoms with Gasteiger partial charge in [-0.25, -0.2) is 0 Å².